The van der Waals surface area contributed by atoms with E-state index in [-0.39, 0.29) is 0 Å². The molecule has 0 N–H and O–H groups in total. The van der Waals surface area contributed by atoms with Gasteiger partial charge in [0.25, 0.3) is 0 Å². The number of nitrogens with zero attached hydrogens (tertiary/aromatic N) is 1. The lowest BCUT2D eigenvalue weighted by Gasteiger charge is -2.52. The van der Waals surface area contributed by atoms with E-state index in [0.717, 1.165) is 18.6 Å². The molecule has 0 amide bonds. The Morgan fingerprint density at radius 1 is 1.17 bits per heavy atom. The van der Waals surface area contributed by atoms with Gasteiger partial charge in [-0.05, 0) is 25.7 Å². The van der Waals surface area contributed by atoms with Crippen LogP contribution < -0.4 is 0 Å². The zero-order valence-corrected chi connectivity index (χ0v) is 7.33. The zero-order valence-electron chi connectivity index (χ0n) is 7.33. The molecule has 12 heavy (non-hydrogen) atoms. The van der Waals surface area contributed by atoms with Crippen molar-refractivity contribution in [3.8, 4) is 0 Å². The van der Waals surface area contributed by atoms with Crippen molar-refractivity contribution < 1.29 is 4.79 Å². The molecule has 0 spiro atoms. The van der Waals surface area contributed by atoms with E-state index in [4.69, 9.17) is 0 Å². The van der Waals surface area contributed by atoms with Gasteiger partial charge in [-0.1, -0.05) is 6.42 Å². The number of fused-ring (bicyclic) bond motifs is 1. The van der Waals surface area contributed by atoms with Crippen LogP contribution in [0.15, 0.2) is 0 Å². The summed E-state index contributed by atoms with van der Waals surface area (Å²) in [5.74, 6) is 0.967. The van der Waals surface area contributed by atoms with Gasteiger partial charge in [0.2, 0.25) is 0 Å². The molecule has 2 nitrogen and oxygen atoms in total. The molecule has 0 radical (unpaired) electrons. The van der Waals surface area contributed by atoms with E-state index in [9.17, 15) is 4.79 Å². The second-order valence-corrected chi connectivity index (χ2v) is 4.55. The molecule has 0 aromatic carbocycles. The molecule has 0 aliphatic carbocycles. The number of ketones is 1. The Hall–Kier alpha value is -0.370. The van der Waals surface area contributed by atoms with E-state index in [1.807, 2.05) is 0 Å². The maximum atomic E-state index is 11.4. The highest BCUT2D eigenvalue weighted by Gasteiger charge is 2.45. The summed E-state index contributed by atoms with van der Waals surface area (Å²) in [6, 6.07) is 1.56. The van der Waals surface area contributed by atoms with Crippen LogP contribution in [0.5, 0.6) is 0 Å². The fraction of sp³-hybridized carbons (Fsp3) is 0.900. The van der Waals surface area contributed by atoms with Crippen molar-refractivity contribution in [1.82, 2.24) is 4.90 Å². The normalized spacial score (nSPS) is 51.2. The molecule has 0 saturated carbocycles. The van der Waals surface area contributed by atoms with Gasteiger partial charge in [0.15, 0.2) is 0 Å². The molecule has 4 atom stereocenters. The van der Waals surface area contributed by atoms with Crippen LogP contribution in [0.1, 0.15) is 32.1 Å². The largest absolute Gasteiger partial charge is 0.298 e. The van der Waals surface area contributed by atoms with Crippen molar-refractivity contribution in [2.45, 2.75) is 44.2 Å². The highest BCUT2D eigenvalue weighted by molar-refractivity contribution is 5.84. The lowest BCUT2D eigenvalue weighted by Crippen LogP contribution is -2.60. The van der Waals surface area contributed by atoms with Crippen LogP contribution in [0.4, 0.5) is 0 Å². The Bertz CT molecular complexity index is 212. The van der Waals surface area contributed by atoms with Gasteiger partial charge in [-0.2, -0.15) is 0 Å². The Kier molecular flexibility index (Phi) is 1.37. The van der Waals surface area contributed by atoms with Gasteiger partial charge < -0.3 is 0 Å². The van der Waals surface area contributed by atoms with Crippen LogP contribution in [-0.4, -0.2) is 29.3 Å². The third-order valence-electron chi connectivity index (χ3n) is 3.92. The van der Waals surface area contributed by atoms with Crippen molar-refractivity contribution in [2.75, 3.05) is 6.54 Å². The fourth-order valence-corrected chi connectivity index (χ4v) is 3.31. The maximum absolute atomic E-state index is 11.4. The highest BCUT2D eigenvalue weighted by Crippen LogP contribution is 2.40. The van der Waals surface area contributed by atoms with Gasteiger partial charge in [0.05, 0.1) is 6.54 Å². The van der Waals surface area contributed by atoms with Crippen molar-refractivity contribution in [1.29, 1.82) is 0 Å². The molecule has 66 valence electrons. The smallest absolute Gasteiger partial charge is 0.150 e. The summed E-state index contributed by atoms with van der Waals surface area (Å²) in [4.78, 5) is 13.9. The number of hydrogen-bond donors (Lipinski definition) is 0. The summed E-state index contributed by atoms with van der Waals surface area (Å²) in [6.07, 6.45) is 6.44. The summed E-state index contributed by atoms with van der Waals surface area (Å²) in [7, 11) is 0. The minimum Gasteiger partial charge on any atom is -0.298 e. The maximum Gasteiger partial charge on any atom is 0.150 e. The number of carbonyl (C=O) groups is 1. The van der Waals surface area contributed by atoms with Gasteiger partial charge in [-0.15, -0.1) is 0 Å². The minimum atomic E-state index is 0.449. The highest BCUT2D eigenvalue weighted by atomic mass is 16.1. The number of carbonyl (C=O) groups excluding carboxylic acids is 1. The van der Waals surface area contributed by atoms with Gasteiger partial charge in [-0.3, -0.25) is 9.69 Å². The molecule has 4 rings (SSSR count). The first-order valence-corrected chi connectivity index (χ1v) is 5.13. The third kappa shape index (κ3) is 0.817. The van der Waals surface area contributed by atoms with Crippen molar-refractivity contribution in [2.24, 2.45) is 5.92 Å². The second kappa shape index (κ2) is 2.32. The average Bonchev–Trinajstić information content (AvgIpc) is 2.03. The Morgan fingerprint density at radius 3 is 2.42 bits per heavy atom. The van der Waals surface area contributed by atoms with E-state index in [2.05, 4.69) is 4.90 Å². The number of piperidine rings is 4. The summed E-state index contributed by atoms with van der Waals surface area (Å²) in [5.41, 5.74) is 0. The first-order valence-electron chi connectivity index (χ1n) is 5.13. The fourth-order valence-electron chi connectivity index (χ4n) is 3.31. The van der Waals surface area contributed by atoms with Crippen LogP contribution >= 0.6 is 0 Å². The molecule has 0 aromatic rings. The zero-order chi connectivity index (χ0) is 8.13. The first kappa shape index (κ1) is 7.07. The van der Waals surface area contributed by atoms with Gasteiger partial charge in [-0.25, -0.2) is 0 Å². The van der Waals surface area contributed by atoms with Crippen LogP contribution in [0.3, 0.4) is 0 Å². The number of hydrogen-bond acceptors (Lipinski definition) is 2. The van der Waals surface area contributed by atoms with Crippen molar-refractivity contribution in [3.05, 3.63) is 0 Å². The molecular weight excluding hydrogens is 150 g/mol. The van der Waals surface area contributed by atoms with E-state index in [1.54, 1.807) is 0 Å². The lowest BCUT2D eigenvalue weighted by molar-refractivity contribution is -0.140. The van der Waals surface area contributed by atoms with Gasteiger partial charge in [0.1, 0.15) is 5.78 Å². The summed E-state index contributed by atoms with van der Waals surface area (Å²) in [6.45, 7) is 0.778. The van der Waals surface area contributed by atoms with Gasteiger partial charge >= 0.3 is 0 Å². The Morgan fingerprint density at radius 2 is 1.83 bits per heavy atom. The SMILES string of the molecule is O=C1CN2C3CCC[C@@H]2CC1C3. The van der Waals surface area contributed by atoms with E-state index < -0.39 is 0 Å². The average molecular weight is 165 g/mol. The Labute approximate surface area is 72.9 Å². The van der Waals surface area contributed by atoms with Gasteiger partial charge in [0, 0.05) is 18.0 Å². The van der Waals surface area contributed by atoms with E-state index in [0.29, 0.717) is 11.7 Å². The minimum absolute atomic E-state index is 0.449. The molecule has 4 aliphatic rings. The second-order valence-electron chi connectivity index (χ2n) is 4.55. The summed E-state index contributed by atoms with van der Waals surface area (Å²) >= 11 is 0. The summed E-state index contributed by atoms with van der Waals surface area (Å²) < 4.78 is 0. The van der Waals surface area contributed by atoms with Crippen LogP contribution in [-0.2, 0) is 4.79 Å². The molecule has 4 saturated heterocycles. The topological polar surface area (TPSA) is 20.3 Å². The molecular formula is C10H15NO. The Balaban J connectivity index is 1.91. The quantitative estimate of drug-likeness (QED) is 0.537. The van der Waals surface area contributed by atoms with E-state index in [1.165, 1.54) is 32.1 Å². The molecule has 4 bridgehead atoms. The van der Waals surface area contributed by atoms with Crippen LogP contribution in [0, 0.1) is 5.92 Å². The van der Waals surface area contributed by atoms with Crippen LogP contribution in [0.2, 0.25) is 0 Å². The molecule has 4 aliphatic heterocycles. The predicted octanol–water partition coefficient (Wildman–Crippen LogP) is 1.20. The lowest BCUT2D eigenvalue weighted by atomic mass is 9.72. The van der Waals surface area contributed by atoms with Crippen LogP contribution in [0.25, 0.3) is 0 Å². The number of Topliss-reactive ketones (excluding diaryl/α,β-unsaturated/α-hetero) is 1. The molecule has 2 heteroatoms. The van der Waals surface area contributed by atoms with E-state index >= 15 is 0 Å². The molecule has 4 heterocycles. The monoisotopic (exact) mass is 165 g/mol. The summed E-state index contributed by atoms with van der Waals surface area (Å²) in [5, 5.41) is 0. The molecule has 4 fully saturated rings. The van der Waals surface area contributed by atoms with Crippen molar-refractivity contribution in [3.63, 3.8) is 0 Å². The molecule has 0 aromatic heterocycles. The third-order valence-corrected chi connectivity index (χ3v) is 3.92. The molecule has 3 unspecified atom stereocenters. The standard InChI is InChI=1S/C10H15NO/c12-10-6-11-8-2-1-3-9(11)5-7(10)4-8/h7-9H,1-6H2/t7?,8-,9?/m1/s1. The number of rotatable bonds is 0. The van der Waals surface area contributed by atoms with Crippen molar-refractivity contribution >= 4 is 5.78 Å². The predicted molar refractivity (Wildman–Crippen MR) is 45.9 cm³/mol. The first-order chi connectivity index (χ1) is 5.84.